The van der Waals surface area contributed by atoms with Gasteiger partial charge in [-0.2, -0.15) is 0 Å². The van der Waals surface area contributed by atoms with Crippen molar-refractivity contribution in [2.75, 3.05) is 6.54 Å². The second-order valence-corrected chi connectivity index (χ2v) is 6.71. The lowest BCUT2D eigenvalue weighted by molar-refractivity contribution is 0.0690. The van der Waals surface area contributed by atoms with Gasteiger partial charge in [-0.3, -0.25) is 4.68 Å². The lowest BCUT2D eigenvalue weighted by Crippen LogP contribution is -2.27. The number of rotatable bonds is 6. The van der Waals surface area contributed by atoms with Crippen LogP contribution in [0.3, 0.4) is 0 Å². The molecule has 21 heavy (non-hydrogen) atoms. The van der Waals surface area contributed by atoms with Crippen LogP contribution in [-0.2, 0) is 16.6 Å². The molecule has 112 valence electrons. The Morgan fingerprint density at radius 1 is 1.43 bits per heavy atom. The number of nitrogens with zero attached hydrogens (tertiary/aromatic N) is 3. The van der Waals surface area contributed by atoms with E-state index in [1.807, 2.05) is 0 Å². The van der Waals surface area contributed by atoms with Crippen LogP contribution in [-0.4, -0.2) is 41.0 Å². The maximum Gasteiger partial charge on any atom is 0.358 e. The number of hydrogen-bond acceptors (Lipinski definition) is 5. The summed E-state index contributed by atoms with van der Waals surface area (Å²) in [6.07, 6.45) is 1.23. The third kappa shape index (κ3) is 4.09. The third-order valence-corrected chi connectivity index (χ3v) is 4.45. The van der Waals surface area contributed by atoms with E-state index in [1.54, 1.807) is 12.1 Å². The Labute approximate surface area is 129 Å². The smallest absolute Gasteiger partial charge is 0.358 e. The van der Waals surface area contributed by atoms with Crippen molar-refractivity contribution in [3.63, 3.8) is 0 Å². The summed E-state index contributed by atoms with van der Waals surface area (Å²) in [5, 5.41) is 15.7. The van der Waals surface area contributed by atoms with Crippen LogP contribution in [0.25, 0.3) is 0 Å². The largest absolute Gasteiger partial charge is 0.476 e. The molecule has 2 rings (SSSR count). The molecule has 0 spiro atoms. The number of benzene rings is 1. The number of carbonyl (C=O) groups is 1. The lowest BCUT2D eigenvalue weighted by Gasteiger charge is -2.06. The van der Waals surface area contributed by atoms with Crippen molar-refractivity contribution in [1.82, 2.24) is 19.7 Å². The lowest BCUT2D eigenvalue weighted by atomic mass is 10.4. The van der Waals surface area contributed by atoms with Gasteiger partial charge in [0.15, 0.2) is 5.69 Å². The van der Waals surface area contributed by atoms with E-state index in [-0.39, 0.29) is 23.7 Å². The summed E-state index contributed by atoms with van der Waals surface area (Å²) < 4.78 is 28.4. The normalized spacial score (nSPS) is 11.5. The minimum Gasteiger partial charge on any atom is -0.476 e. The monoisotopic (exact) mass is 374 g/mol. The topological polar surface area (TPSA) is 114 Å². The number of hydrogen-bond donors (Lipinski definition) is 2. The number of sulfonamides is 1. The minimum atomic E-state index is -3.62. The van der Waals surface area contributed by atoms with E-state index in [9.17, 15) is 13.2 Å². The highest BCUT2D eigenvalue weighted by Gasteiger charge is 2.14. The summed E-state index contributed by atoms with van der Waals surface area (Å²) >= 11 is 3.21. The summed E-state index contributed by atoms with van der Waals surface area (Å²) in [6.45, 7) is 0.241. The molecule has 0 aliphatic carbocycles. The number of halogens is 1. The summed E-state index contributed by atoms with van der Waals surface area (Å²) in [4.78, 5) is 10.8. The van der Waals surface area contributed by atoms with Crippen LogP contribution < -0.4 is 4.72 Å². The molecular weight excluding hydrogens is 364 g/mol. The van der Waals surface area contributed by atoms with Gasteiger partial charge in [-0.05, 0) is 18.2 Å². The standard InChI is InChI=1S/C11H11BrN4O4S/c12-8-2-1-3-9(6-8)21(19,20)13-4-5-16-7-10(11(17)18)14-15-16/h1-3,6-7,13H,4-5H2,(H,17,18). The van der Waals surface area contributed by atoms with Crippen LogP contribution in [0.1, 0.15) is 10.5 Å². The SMILES string of the molecule is O=C(O)c1cn(CCNS(=O)(=O)c2cccc(Br)c2)nn1. The van der Waals surface area contributed by atoms with Gasteiger partial charge in [0.05, 0.1) is 17.6 Å². The second kappa shape index (κ2) is 6.33. The van der Waals surface area contributed by atoms with Gasteiger partial charge in [-0.25, -0.2) is 17.9 Å². The zero-order valence-corrected chi connectivity index (χ0v) is 13.0. The number of carboxylic acids is 1. The highest BCUT2D eigenvalue weighted by atomic mass is 79.9. The van der Waals surface area contributed by atoms with Crippen molar-refractivity contribution in [1.29, 1.82) is 0 Å². The molecule has 0 saturated heterocycles. The second-order valence-electron chi connectivity index (χ2n) is 4.03. The van der Waals surface area contributed by atoms with E-state index >= 15 is 0 Å². The van der Waals surface area contributed by atoms with Crippen molar-refractivity contribution in [3.8, 4) is 0 Å². The highest BCUT2D eigenvalue weighted by Crippen LogP contribution is 2.15. The Balaban J connectivity index is 1.97. The quantitative estimate of drug-likeness (QED) is 0.769. The summed E-state index contributed by atoms with van der Waals surface area (Å²) in [6, 6.07) is 6.31. The van der Waals surface area contributed by atoms with Gasteiger partial charge in [0.2, 0.25) is 10.0 Å². The Kier molecular flexibility index (Phi) is 4.70. The average molecular weight is 375 g/mol. The molecule has 1 aromatic heterocycles. The summed E-state index contributed by atoms with van der Waals surface area (Å²) in [5.41, 5.74) is -0.190. The number of aromatic carboxylic acids is 1. The first-order valence-corrected chi connectivity index (χ1v) is 8.05. The highest BCUT2D eigenvalue weighted by molar-refractivity contribution is 9.10. The molecule has 0 unspecified atom stereocenters. The Bertz CT molecular complexity index is 759. The number of carboxylic acid groups (broad SMARTS) is 1. The third-order valence-electron chi connectivity index (χ3n) is 2.50. The first kappa shape index (κ1) is 15.6. The Morgan fingerprint density at radius 3 is 2.81 bits per heavy atom. The van der Waals surface area contributed by atoms with Crippen molar-refractivity contribution in [3.05, 3.63) is 40.6 Å². The van der Waals surface area contributed by atoms with Crippen molar-refractivity contribution in [2.45, 2.75) is 11.4 Å². The molecule has 0 bridgehead atoms. The van der Waals surface area contributed by atoms with E-state index in [1.165, 1.54) is 23.0 Å². The first-order valence-electron chi connectivity index (χ1n) is 5.77. The zero-order chi connectivity index (χ0) is 15.5. The minimum absolute atomic E-state index is 0.0667. The van der Waals surface area contributed by atoms with E-state index in [0.29, 0.717) is 4.47 Å². The first-order chi connectivity index (χ1) is 9.88. The van der Waals surface area contributed by atoms with E-state index < -0.39 is 16.0 Å². The molecule has 0 aliphatic rings. The predicted molar refractivity (Wildman–Crippen MR) is 76.3 cm³/mol. The van der Waals surface area contributed by atoms with Crippen LogP contribution in [0, 0.1) is 0 Å². The molecule has 0 amide bonds. The van der Waals surface area contributed by atoms with E-state index in [0.717, 1.165) is 0 Å². The predicted octanol–water partition coefficient (Wildman–Crippen LogP) is 0.717. The van der Waals surface area contributed by atoms with Gasteiger partial charge < -0.3 is 5.11 Å². The fraction of sp³-hybridized carbons (Fsp3) is 0.182. The maximum absolute atomic E-state index is 12.0. The van der Waals surface area contributed by atoms with Gasteiger partial charge in [0.1, 0.15) is 0 Å². The van der Waals surface area contributed by atoms with Gasteiger partial charge in [0, 0.05) is 11.0 Å². The summed E-state index contributed by atoms with van der Waals surface area (Å²) in [7, 11) is -3.62. The van der Waals surface area contributed by atoms with Crippen molar-refractivity contribution >= 4 is 31.9 Å². The molecule has 2 N–H and O–H groups in total. The molecular formula is C11H11BrN4O4S. The molecule has 0 saturated carbocycles. The van der Waals surface area contributed by atoms with Crippen molar-refractivity contribution in [2.24, 2.45) is 0 Å². The van der Waals surface area contributed by atoms with Crippen LogP contribution in [0.4, 0.5) is 0 Å². The zero-order valence-electron chi connectivity index (χ0n) is 10.6. The molecule has 8 nitrogen and oxygen atoms in total. The Morgan fingerprint density at radius 2 is 2.19 bits per heavy atom. The molecule has 1 heterocycles. The molecule has 0 atom stereocenters. The van der Waals surface area contributed by atoms with Crippen LogP contribution >= 0.6 is 15.9 Å². The molecule has 2 aromatic rings. The molecule has 0 radical (unpaired) electrons. The van der Waals surface area contributed by atoms with E-state index in [2.05, 4.69) is 31.0 Å². The van der Waals surface area contributed by atoms with Crippen LogP contribution in [0.15, 0.2) is 39.8 Å². The fourth-order valence-corrected chi connectivity index (χ4v) is 3.14. The van der Waals surface area contributed by atoms with E-state index in [4.69, 9.17) is 5.11 Å². The maximum atomic E-state index is 12.0. The molecule has 0 aliphatic heterocycles. The molecule has 0 fully saturated rings. The van der Waals surface area contributed by atoms with Crippen LogP contribution in [0.5, 0.6) is 0 Å². The Hall–Kier alpha value is -1.78. The van der Waals surface area contributed by atoms with Crippen LogP contribution in [0.2, 0.25) is 0 Å². The fourth-order valence-electron chi connectivity index (χ4n) is 1.52. The molecule has 10 heteroatoms. The van der Waals surface area contributed by atoms with Gasteiger partial charge >= 0.3 is 5.97 Å². The summed E-state index contributed by atoms with van der Waals surface area (Å²) in [5.74, 6) is -1.18. The van der Waals surface area contributed by atoms with Gasteiger partial charge in [0.25, 0.3) is 0 Å². The van der Waals surface area contributed by atoms with Gasteiger partial charge in [-0.15, -0.1) is 5.10 Å². The van der Waals surface area contributed by atoms with Gasteiger partial charge in [-0.1, -0.05) is 27.2 Å². The number of nitrogens with one attached hydrogen (secondary N) is 1. The van der Waals surface area contributed by atoms with Crippen molar-refractivity contribution < 1.29 is 18.3 Å². The molecule has 1 aromatic carbocycles. The number of aromatic nitrogens is 3. The average Bonchev–Trinajstić information content (AvgIpc) is 2.87.